The molecule has 0 aromatic heterocycles. The molecule has 0 aliphatic carbocycles. The molecule has 1 atom stereocenters. The van der Waals surface area contributed by atoms with Crippen molar-refractivity contribution in [2.45, 2.75) is 23.6 Å². The van der Waals surface area contributed by atoms with Crippen LogP contribution in [-0.4, -0.2) is 42.2 Å². The van der Waals surface area contributed by atoms with Crippen molar-refractivity contribution in [1.82, 2.24) is 10.2 Å². The summed E-state index contributed by atoms with van der Waals surface area (Å²) in [5, 5.41) is 3.22. The largest absolute Gasteiger partial charge is 0.333 e. The first kappa shape index (κ1) is 17.2. The number of hydrogen-bond donors (Lipinski definition) is 1. The van der Waals surface area contributed by atoms with E-state index in [0.29, 0.717) is 28.8 Å². The molecule has 1 fully saturated rings. The predicted octanol–water partition coefficient (Wildman–Crippen LogP) is 2.86. The minimum Gasteiger partial charge on any atom is -0.333 e. The van der Waals surface area contributed by atoms with Crippen LogP contribution in [0.4, 0.5) is 8.78 Å². The van der Waals surface area contributed by atoms with Crippen molar-refractivity contribution in [3.05, 3.63) is 29.8 Å². The van der Waals surface area contributed by atoms with E-state index in [1.807, 2.05) is 11.8 Å². The fourth-order valence-electron chi connectivity index (χ4n) is 2.09. The summed E-state index contributed by atoms with van der Waals surface area (Å²) in [7, 11) is 0. The molecule has 0 saturated carbocycles. The highest BCUT2D eigenvalue weighted by Crippen LogP contribution is 2.25. The third kappa shape index (κ3) is 4.33. The molecule has 0 spiro atoms. The monoisotopic (exact) mass is 322 g/mol. The van der Waals surface area contributed by atoms with E-state index in [1.165, 1.54) is 0 Å². The van der Waals surface area contributed by atoms with Gasteiger partial charge in [-0.25, -0.2) is 0 Å². The van der Waals surface area contributed by atoms with Crippen LogP contribution in [0.15, 0.2) is 29.2 Å². The van der Waals surface area contributed by atoms with E-state index in [9.17, 15) is 13.6 Å². The van der Waals surface area contributed by atoms with Crippen LogP contribution < -0.4 is 5.32 Å². The molecule has 1 saturated heterocycles. The summed E-state index contributed by atoms with van der Waals surface area (Å²) in [5.74, 6) is -2.47. The van der Waals surface area contributed by atoms with E-state index in [2.05, 4.69) is 5.32 Å². The molecule has 0 radical (unpaired) electrons. The standard InChI is InChI=1S/C13H16F2N2OS.ClH/c1-9-8-16-6-7-17(9)12(18)10-2-4-11(5-3-10)19-13(14)15;/h2-5,9,13,16H,6-8H2,1H3;1H/t9-;/m0./s1. The summed E-state index contributed by atoms with van der Waals surface area (Å²) in [4.78, 5) is 14.6. The fourth-order valence-corrected chi connectivity index (χ4v) is 2.59. The van der Waals surface area contributed by atoms with Crippen LogP contribution in [-0.2, 0) is 0 Å². The molecular formula is C13H17ClF2N2OS. The van der Waals surface area contributed by atoms with Crippen LogP contribution in [0.1, 0.15) is 17.3 Å². The van der Waals surface area contributed by atoms with Gasteiger partial charge in [0.05, 0.1) is 0 Å². The van der Waals surface area contributed by atoms with Crippen LogP contribution in [0.2, 0.25) is 0 Å². The molecule has 0 bridgehead atoms. The Bertz CT molecular complexity index is 445. The van der Waals surface area contributed by atoms with Crippen LogP contribution in [0.5, 0.6) is 0 Å². The Morgan fingerprint density at radius 1 is 1.40 bits per heavy atom. The highest BCUT2D eigenvalue weighted by Gasteiger charge is 2.23. The van der Waals surface area contributed by atoms with Crippen molar-refractivity contribution in [1.29, 1.82) is 0 Å². The van der Waals surface area contributed by atoms with Gasteiger partial charge in [-0.2, -0.15) is 8.78 Å². The van der Waals surface area contributed by atoms with Crippen molar-refractivity contribution >= 4 is 30.1 Å². The van der Waals surface area contributed by atoms with Crippen molar-refractivity contribution in [3.63, 3.8) is 0 Å². The maximum absolute atomic E-state index is 12.3. The van der Waals surface area contributed by atoms with Gasteiger partial charge in [0.1, 0.15) is 0 Å². The lowest BCUT2D eigenvalue weighted by Crippen LogP contribution is -2.52. The van der Waals surface area contributed by atoms with Gasteiger partial charge in [-0.1, -0.05) is 11.8 Å². The Hall–Kier alpha value is -0.850. The van der Waals surface area contributed by atoms with Gasteiger partial charge in [0.2, 0.25) is 0 Å². The molecule has 7 heteroatoms. The van der Waals surface area contributed by atoms with Gasteiger partial charge in [-0.3, -0.25) is 4.79 Å². The highest BCUT2D eigenvalue weighted by atomic mass is 35.5. The number of nitrogens with one attached hydrogen (secondary N) is 1. The molecule has 1 aromatic carbocycles. The minimum absolute atomic E-state index is 0. The van der Waals surface area contributed by atoms with Gasteiger partial charge in [0, 0.05) is 36.1 Å². The number of halogens is 3. The van der Waals surface area contributed by atoms with Gasteiger partial charge in [0.15, 0.2) is 0 Å². The molecular weight excluding hydrogens is 306 g/mol. The molecule has 0 unspecified atom stereocenters. The van der Waals surface area contributed by atoms with E-state index in [4.69, 9.17) is 0 Å². The van der Waals surface area contributed by atoms with Crippen LogP contribution >= 0.6 is 24.2 Å². The van der Waals surface area contributed by atoms with E-state index in [1.54, 1.807) is 24.3 Å². The number of hydrogen-bond acceptors (Lipinski definition) is 3. The van der Waals surface area contributed by atoms with E-state index >= 15 is 0 Å². The molecule has 1 N–H and O–H groups in total. The number of thioether (sulfide) groups is 1. The lowest BCUT2D eigenvalue weighted by Gasteiger charge is -2.34. The van der Waals surface area contributed by atoms with E-state index < -0.39 is 5.76 Å². The molecule has 1 aromatic rings. The number of alkyl halides is 2. The Kier molecular flexibility index (Phi) is 6.71. The zero-order valence-corrected chi connectivity index (χ0v) is 12.6. The van der Waals surface area contributed by atoms with Gasteiger partial charge >= 0.3 is 0 Å². The number of amides is 1. The average molecular weight is 323 g/mol. The molecule has 1 aliphatic rings. The van der Waals surface area contributed by atoms with Crippen molar-refractivity contribution in [2.75, 3.05) is 19.6 Å². The van der Waals surface area contributed by atoms with Crippen molar-refractivity contribution in [3.8, 4) is 0 Å². The number of carbonyl (C=O) groups excluding carboxylic acids is 1. The van der Waals surface area contributed by atoms with Crippen molar-refractivity contribution < 1.29 is 13.6 Å². The molecule has 20 heavy (non-hydrogen) atoms. The number of carbonyl (C=O) groups is 1. The summed E-state index contributed by atoms with van der Waals surface area (Å²) in [6.45, 7) is 4.24. The fraction of sp³-hybridized carbons (Fsp3) is 0.462. The number of piperazine rings is 1. The number of nitrogens with zero attached hydrogens (tertiary/aromatic N) is 1. The maximum atomic E-state index is 12.3. The maximum Gasteiger partial charge on any atom is 0.288 e. The second kappa shape index (κ2) is 7.81. The summed E-state index contributed by atoms with van der Waals surface area (Å²) in [6, 6.07) is 6.51. The Labute approximate surface area is 127 Å². The highest BCUT2D eigenvalue weighted by molar-refractivity contribution is 7.99. The quantitative estimate of drug-likeness (QED) is 0.869. The Morgan fingerprint density at radius 3 is 2.60 bits per heavy atom. The van der Waals surface area contributed by atoms with Crippen LogP contribution in [0, 0.1) is 0 Å². The Morgan fingerprint density at radius 2 is 2.05 bits per heavy atom. The number of rotatable bonds is 3. The molecule has 2 rings (SSSR count). The van der Waals surface area contributed by atoms with E-state index in [-0.39, 0.29) is 24.4 Å². The zero-order chi connectivity index (χ0) is 13.8. The summed E-state index contributed by atoms with van der Waals surface area (Å²) in [5.41, 5.74) is 0.548. The first-order valence-corrected chi connectivity index (χ1v) is 7.02. The smallest absolute Gasteiger partial charge is 0.288 e. The Balaban J connectivity index is 0.00000200. The summed E-state index contributed by atoms with van der Waals surface area (Å²) >= 11 is 0.487. The zero-order valence-electron chi connectivity index (χ0n) is 11.0. The van der Waals surface area contributed by atoms with Gasteiger partial charge < -0.3 is 10.2 Å². The minimum atomic E-state index is -2.44. The van der Waals surface area contributed by atoms with Crippen LogP contribution in [0.3, 0.4) is 0 Å². The average Bonchev–Trinajstić information content (AvgIpc) is 2.39. The topological polar surface area (TPSA) is 32.3 Å². The third-order valence-electron chi connectivity index (χ3n) is 3.09. The predicted molar refractivity (Wildman–Crippen MR) is 78.9 cm³/mol. The second-order valence-corrected chi connectivity index (χ2v) is 5.52. The third-order valence-corrected chi connectivity index (χ3v) is 3.81. The molecule has 1 amide bonds. The van der Waals surface area contributed by atoms with Gasteiger partial charge in [-0.05, 0) is 31.2 Å². The number of benzene rings is 1. The second-order valence-electron chi connectivity index (χ2n) is 4.45. The normalized spacial score (nSPS) is 18.8. The van der Waals surface area contributed by atoms with Gasteiger partial charge in [0.25, 0.3) is 11.7 Å². The molecule has 112 valence electrons. The summed E-state index contributed by atoms with van der Waals surface area (Å²) in [6.07, 6.45) is 0. The molecule has 1 heterocycles. The first-order chi connectivity index (χ1) is 9.08. The van der Waals surface area contributed by atoms with Gasteiger partial charge in [-0.15, -0.1) is 12.4 Å². The van der Waals surface area contributed by atoms with E-state index in [0.717, 1.165) is 13.1 Å². The molecule has 3 nitrogen and oxygen atoms in total. The van der Waals surface area contributed by atoms with Crippen LogP contribution in [0.25, 0.3) is 0 Å². The lowest BCUT2D eigenvalue weighted by atomic mass is 10.1. The molecule has 1 aliphatic heterocycles. The SMILES string of the molecule is C[C@H]1CNCCN1C(=O)c1ccc(SC(F)F)cc1.Cl. The lowest BCUT2D eigenvalue weighted by molar-refractivity contribution is 0.0655. The van der Waals surface area contributed by atoms with Crippen molar-refractivity contribution in [2.24, 2.45) is 0 Å². The summed E-state index contributed by atoms with van der Waals surface area (Å²) < 4.78 is 24.4. The first-order valence-electron chi connectivity index (χ1n) is 6.14.